The Bertz CT molecular complexity index is 950. The number of aromatic nitrogens is 2. The Kier molecular flexibility index (Phi) is 4.35. The first-order valence-electron chi connectivity index (χ1n) is 7.86. The molecule has 3 heterocycles. The second-order valence-electron chi connectivity index (χ2n) is 5.90. The quantitative estimate of drug-likeness (QED) is 0.672. The Hall–Kier alpha value is -1.76. The second kappa shape index (κ2) is 6.52. The Morgan fingerprint density at radius 1 is 1.28 bits per heavy atom. The van der Waals surface area contributed by atoms with E-state index in [1.807, 2.05) is 42.8 Å². The highest BCUT2D eigenvalue weighted by Gasteiger charge is 2.31. The fourth-order valence-corrected chi connectivity index (χ4v) is 5.38. The maximum absolute atomic E-state index is 12.3. The first-order chi connectivity index (χ1) is 12.1. The molecule has 0 fully saturated rings. The van der Waals surface area contributed by atoms with Crippen LogP contribution in [-0.4, -0.2) is 21.4 Å². The third-order valence-corrected chi connectivity index (χ3v) is 7.02. The highest BCUT2D eigenvalue weighted by molar-refractivity contribution is 8.00. The van der Waals surface area contributed by atoms with Crippen molar-refractivity contribution in [2.24, 2.45) is 0 Å². The van der Waals surface area contributed by atoms with E-state index in [1.165, 1.54) is 4.88 Å². The molecule has 0 unspecified atom stereocenters. The van der Waals surface area contributed by atoms with Crippen LogP contribution in [0.4, 0.5) is 5.82 Å². The monoisotopic (exact) mass is 389 g/mol. The summed E-state index contributed by atoms with van der Waals surface area (Å²) in [5.41, 5.74) is 3.81. The van der Waals surface area contributed by atoms with E-state index in [9.17, 15) is 4.79 Å². The molecule has 25 heavy (non-hydrogen) atoms. The van der Waals surface area contributed by atoms with Crippen molar-refractivity contribution in [1.82, 2.24) is 9.78 Å². The number of nitrogens with one attached hydrogen (secondary N) is 1. The molecular formula is C18H16ClN3OS2. The number of rotatable bonds is 2. The molecule has 2 aromatic heterocycles. The Morgan fingerprint density at radius 3 is 2.88 bits per heavy atom. The zero-order chi connectivity index (χ0) is 17.6. The van der Waals surface area contributed by atoms with Crippen LogP contribution < -0.4 is 5.32 Å². The predicted octanol–water partition coefficient (Wildman–Crippen LogP) is 4.98. The van der Waals surface area contributed by atoms with Crippen molar-refractivity contribution in [3.05, 3.63) is 62.4 Å². The summed E-state index contributed by atoms with van der Waals surface area (Å²) in [5.74, 6) is 1.16. The molecule has 0 saturated heterocycles. The fraction of sp³-hybridized carbons (Fsp3) is 0.222. The number of thiophene rings is 1. The molecule has 128 valence electrons. The predicted molar refractivity (Wildman–Crippen MR) is 105 cm³/mol. The largest absolute Gasteiger partial charge is 0.310 e. The second-order valence-corrected chi connectivity index (χ2v) is 8.38. The lowest BCUT2D eigenvalue weighted by Crippen LogP contribution is -2.16. The number of carbonyl (C=O) groups excluding carboxylic acids is 1. The molecule has 0 radical (unpaired) electrons. The van der Waals surface area contributed by atoms with Crippen LogP contribution in [-0.2, 0) is 4.79 Å². The average molecular weight is 390 g/mol. The molecule has 1 aliphatic heterocycles. The lowest BCUT2D eigenvalue weighted by molar-refractivity contribution is -0.113. The highest BCUT2D eigenvalue weighted by atomic mass is 35.5. The smallest absolute Gasteiger partial charge is 0.235 e. The molecule has 0 aliphatic carbocycles. The van der Waals surface area contributed by atoms with Gasteiger partial charge in [0.05, 0.1) is 22.4 Å². The summed E-state index contributed by atoms with van der Waals surface area (Å²) in [4.78, 5) is 13.5. The van der Waals surface area contributed by atoms with Crippen LogP contribution >= 0.6 is 34.7 Å². The Labute approximate surface area is 159 Å². The van der Waals surface area contributed by atoms with Crippen LogP contribution in [0.3, 0.4) is 0 Å². The minimum atomic E-state index is -0.00821. The zero-order valence-electron chi connectivity index (χ0n) is 13.7. The fourth-order valence-electron chi connectivity index (χ4n) is 3.05. The molecule has 0 saturated carbocycles. The van der Waals surface area contributed by atoms with Crippen molar-refractivity contribution < 1.29 is 4.79 Å². The molecule has 4 rings (SSSR count). The van der Waals surface area contributed by atoms with E-state index < -0.39 is 0 Å². The molecule has 0 bridgehead atoms. The van der Waals surface area contributed by atoms with Gasteiger partial charge in [0.1, 0.15) is 5.82 Å². The molecule has 7 heteroatoms. The van der Waals surface area contributed by atoms with Crippen LogP contribution in [0.1, 0.15) is 26.9 Å². The molecule has 1 atom stereocenters. The van der Waals surface area contributed by atoms with Crippen LogP contribution in [0.15, 0.2) is 35.7 Å². The maximum Gasteiger partial charge on any atom is 0.235 e. The van der Waals surface area contributed by atoms with Gasteiger partial charge in [0.2, 0.25) is 5.91 Å². The Balaban J connectivity index is 1.94. The van der Waals surface area contributed by atoms with Gasteiger partial charge in [-0.1, -0.05) is 23.7 Å². The summed E-state index contributed by atoms with van der Waals surface area (Å²) in [5, 5.41) is 10.6. The van der Waals surface area contributed by atoms with Crippen molar-refractivity contribution in [3.8, 4) is 5.69 Å². The number of hydrogen-bond donors (Lipinski definition) is 1. The first kappa shape index (κ1) is 16.7. The SMILES string of the molecule is Cc1nn(-c2cccc(Cl)c2C)c2c1[C@@H](c1cccs1)SCC(=O)N2. The minimum Gasteiger partial charge on any atom is -0.310 e. The summed E-state index contributed by atoms with van der Waals surface area (Å²) >= 11 is 9.64. The number of aryl methyl sites for hydroxylation is 1. The molecule has 1 aromatic carbocycles. The van der Waals surface area contributed by atoms with Gasteiger partial charge < -0.3 is 5.32 Å². The van der Waals surface area contributed by atoms with Crippen LogP contribution in [0.2, 0.25) is 5.02 Å². The number of benzene rings is 1. The van der Waals surface area contributed by atoms with Crippen molar-refractivity contribution >= 4 is 46.4 Å². The molecule has 1 N–H and O–H groups in total. The van der Waals surface area contributed by atoms with Gasteiger partial charge in [-0.25, -0.2) is 4.68 Å². The van der Waals surface area contributed by atoms with E-state index in [2.05, 4.69) is 16.8 Å². The molecule has 1 amide bonds. The zero-order valence-corrected chi connectivity index (χ0v) is 16.1. The number of fused-ring (bicyclic) bond motifs is 1. The van der Waals surface area contributed by atoms with Crippen molar-refractivity contribution in [2.75, 3.05) is 11.1 Å². The third kappa shape index (κ3) is 2.88. The normalized spacial score (nSPS) is 17.1. The van der Waals surface area contributed by atoms with Gasteiger partial charge in [-0.05, 0) is 43.0 Å². The highest BCUT2D eigenvalue weighted by Crippen LogP contribution is 2.45. The Morgan fingerprint density at radius 2 is 2.12 bits per heavy atom. The number of halogens is 1. The lowest BCUT2D eigenvalue weighted by atomic mass is 10.1. The number of anilines is 1. The van der Waals surface area contributed by atoms with Gasteiger partial charge >= 0.3 is 0 Å². The maximum atomic E-state index is 12.3. The standard InChI is InChI=1S/C18H16ClN3OS2/c1-10-12(19)5-3-6-13(10)22-18-16(11(2)21-22)17(14-7-4-8-24-14)25-9-15(23)20-18/h3-8,17H,9H2,1-2H3,(H,20,23)/t17-/m1/s1. The van der Waals surface area contributed by atoms with Gasteiger partial charge in [0.15, 0.2) is 0 Å². The summed E-state index contributed by atoms with van der Waals surface area (Å²) in [6, 6.07) is 9.89. The summed E-state index contributed by atoms with van der Waals surface area (Å²) in [6.45, 7) is 3.96. The molecule has 3 aromatic rings. The topological polar surface area (TPSA) is 46.9 Å². The number of thioether (sulfide) groups is 1. The van der Waals surface area contributed by atoms with E-state index in [0.29, 0.717) is 10.8 Å². The van der Waals surface area contributed by atoms with Crippen molar-refractivity contribution in [2.45, 2.75) is 19.1 Å². The van der Waals surface area contributed by atoms with Crippen LogP contribution in [0.5, 0.6) is 0 Å². The number of nitrogens with zero attached hydrogens (tertiary/aromatic N) is 2. The third-order valence-electron chi connectivity index (χ3n) is 4.28. The van der Waals surface area contributed by atoms with Gasteiger partial charge in [-0.2, -0.15) is 5.10 Å². The lowest BCUT2D eigenvalue weighted by Gasteiger charge is -2.14. The molecular weight excluding hydrogens is 374 g/mol. The van der Waals surface area contributed by atoms with Crippen LogP contribution in [0.25, 0.3) is 5.69 Å². The van der Waals surface area contributed by atoms with E-state index >= 15 is 0 Å². The molecule has 0 spiro atoms. The van der Waals surface area contributed by atoms with E-state index in [-0.39, 0.29) is 11.2 Å². The first-order valence-corrected chi connectivity index (χ1v) is 10.2. The van der Waals surface area contributed by atoms with Gasteiger partial charge in [0, 0.05) is 15.5 Å². The summed E-state index contributed by atoms with van der Waals surface area (Å²) < 4.78 is 1.82. The molecule has 4 nitrogen and oxygen atoms in total. The van der Waals surface area contributed by atoms with Gasteiger partial charge in [0.25, 0.3) is 0 Å². The van der Waals surface area contributed by atoms with Gasteiger partial charge in [-0.15, -0.1) is 23.1 Å². The number of carbonyl (C=O) groups is 1. The van der Waals surface area contributed by atoms with Gasteiger partial charge in [-0.3, -0.25) is 4.79 Å². The summed E-state index contributed by atoms with van der Waals surface area (Å²) in [6.07, 6.45) is 0. The average Bonchev–Trinajstić information content (AvgIpc) is 3.17. The van der Waals surface area contributed by atoms with E-state index in [0.717, 1.165) is 28.3 Å². The van der Waals surface area contributed by atoms with E-state index in [1.54, 1.807) is 23.1 Å². The minimum absolute atomic E-state index is 0.00821. The summed E-state index contributed by atoms with van der Waals surface area (Å²) in [7, 11) is 0. The van der Waals surface area contributed by atoms with E-state index in [4.69, 9.17) is 16.7 Å². The molecule has 1 aliphatic rings. The van der Waals surface area contributed by atoms with Crippen molar-refractivity contribution in [1.29, 1.82) is 0 Å². The number of amides is 1. The van der Waals surface area contributed by atoms with Crippen LogP contribution in [0, 0.1) is 13.8 Å². The number of hydrogen-bond acceptors (Lipinski definition) is 4. The van der Waals surface area contributed by atoms with Crippen molar-refractivity contribution in [3.63, 3.8) is 0 Å².